The summed E-state index contributed by atoms with van der Waals surface area (Å²) >= 11 is 0. The lowest BCUT2D eigenvalue weighted by Gasteiger charge is -2.08. The normalized spacial score (nSPS) is 11.0. The smallest absolute Gasteiger partial charge is 0.260 e. The Morgan fingerprint density at radius 3 is 2.52 bits per heavy atom. The van der Waals surface area contributed by atoms with E-state index in [2.05, 4.69) is 0 Å². The molecule has 0 spiro atoms. The average molecular weight is 280 g/mol. The lowest BCUT2D eigenvalue weighted by Crippen LogP contribution is -2.17. The molecular weight excluding hydrogens is 264 g/mol. The topological polar surface area (TPSA) is 44.0 Å². The molecule has 0 amide bonds. The number of hydrogen-bond acceptors (Lipinski definition) is 2. The van der Waals surface area contributed by atoms with Gasteiger partial charge in [-0.2, -0.15) is 0 Å². The molecule has 21 heavy (non-hydrogen) atoms. The van der Waals surface area contributed by atoms with Crippen molar-refractivity contribution in [3.05, 3.63) is 69.8 Å². The number of aromatic nitrogens is 2. The summed E-state index contributed by atoms with van der Waals surface area (Å²) < 4.78 is 3.50. The van der Waals surface area contributed by atoms with Crippen LogP contribution < -0.4 is 5.56 Å². The largest absolute Gasteiger partial charge is 0.342 e. The molecule has 2 aromatic heterocycles. The molecule has 0 unspecified atom stereocenters. The standard InChI is InChI=1S/C17H16N2O2/c1-12-8-18(2)17(21)15-14(11-20)10-19(16(12)15)9-13-6-4-3-5-7-13/h3-8,10-11H,9H2,1-2H3. The van der Waals surface area contributed by atoms with Crippen LogP contribution in [0.3, 0.4) is 0 Å². The second-order valence-electron chi connectivity index (χ2n) is 5.27. The summed E-state index contributed by atoms with van der Waals surface area (Å²) in [6.45, 7) is 2.59. The van der Waals surface area contributed by atoms with Crippen LogP contribution in [0.5, 0.6) is 0 Å². The van der Waals surface area contributed by atoms with Crippen molar-refractivity contribution in [2.24, 2.45) is 7.05 Å². The highest BCUT2D eigenvalue weighted by Crippen LogP contribution is 2.21. The van der Waals surface area contributed by atoms with E-state index in [-0.39, 0.29) is 5.56 Å². The third kappa shape index (κ3) is 2.18. The number of aldehydes is 1. The number of carbonyl (C=O) groups is 1. The Balaban J connectivity index is 2.27. The van der Waals surface area contributed by atoms with E-state index in [4.69, 9.17) is 0 Å². The zero-order chi connectivity index (χ0) is 15.0. The lowest BCUT2D eigenvalue weighted by atomic mass is 10.1. The van der Waals surface area contributed by atoms with Crippen LogP contribution in [0.1, 0.15) is 21.5 Å². The quantitative estimate of drug-likeness (QED) is 0.692. The van der Waals surface area contributed by atoms with Crippen LogP contribution in [-0.2, 0) is 13.6 Å². The van der Waals surface area contributed by atoms with E-state index in [9.17, 15) is 9.59 Å². The molecule has 3 aromatic rings. The van der Waals surface area contributed by atoms with Gasteiger partial charge in [0.2, 0.25) is 0 Å². The van der Waals surface area contributed by atoms with Gasteiger partial charge in [0.1, 0.15) is 0 Å². The van der Waals surface area contributed by atoms with Crippen molar-refractivity contribution < 1.29 is 4.79 Å². The third-order valence-corrected chi connectivity index (χ3v) is 3.73. The Morgan fingerprint density at radius 1 is 1.14 bits per heavy atom. The van der Waals surface area contributed by atoms with Gasteiger partial charge in [-0.15, -0.1) is 0 Å². The molecule has 0 N–H and O–H groups in total. The average Bonchev–Trinajstić information content (AvgIpc) is 2.85. The minimum Gasteiger partial charge on any atom is -0.342 e. The van der Waals surface area contributed by atoms with Crippen molar-refractivity contribution in [2.75, 3.05) is 0 Å². The Kier molecular flexibility index (Phi) is 3.22. The zero-order valence-corrected chi connectivity index (χ0v) is 12.0. The molecule has 0 aliphatic heterocycles. The van der Waals surface area contributed by atoms with Crippen LogP contribution in [0.15, 0.2) is 47.5 Å². The summed E-state index contributed by atoms with van der Waals surface area (Å²) in [7, 11) is 1.71. The molecule has 0 radical (unpaired) electrons. The fourth-order valence-corrected chi connectivity index (χ4v) is 2.81. The maximum atomic E-state index is 12.3. The van der Waals surface area contributed by atoms with E-state index in [1.165, 1.54) is 4.57 Å². The van der Waals surface area contributed by atoms with Crippen molar-refractivity contribution in [2.45, 2.75) is 13.5 Å². The first-order valence-corrected chi connectivity index (χ1v) is 6.80. The molecule has 0 saturated heterocycles. The van der Waals surface area contributed by atoms with Gasteiger partial charge in [0.15, 0.2) is 6.29 Å². The van der Waals surface area contributed by atoms with Crippen LogP contribution in [0.4, 0.5) is 0 Å². The van der Waals surface area contributed by atoms with Crippen LogP contribution in [0.25, 0.3) is 10.9 Å². The van der Waals surface area contributed by atoms with Crippen LogP contribution in [0, 0.1) is 6.92 Å². The lowest BCUT2D eigenvalue weighted by molar-refractivity contribution is 0.112. The van der Waals surface area contributed by atoms with Crippen molar-refractivity contribution >= 4 is 17.2 Å². The number of pyridine rings is 1. The second kappa shape index (κ2) is 5.05. The molecule has 0 saturated carbocycles. The van der Waals surface area contributed by atoms with Gasteiger partial charge in [0.25, 0.3) is 5.56 Å². The van der Waals surface area contributed by atoms with Gasteiger partial charge >= 0.3 is 0 Å². The van der Waals surface area contributed by atoms with Gasteiger partial charge in [-0.1, -0.05) is 30.3 Å². The molecule has 3 rings (SSSR count). The molecule has 2 heterocycles. The Morgan fingerprint density at radius 2 is 1.86 bits per heavy atom. The van der Waals surface area contributed by atoms with Gasteiger partial charge in [-0.3, -0.25) is 9.59 Å². The predicted molar refractivity (Wildman–Crippen MR) is 82.8 cm³/mol. The summed E-state index contributed by atoms with van der Waals surface area (Å²) in [5.41, 5.74) is 3.27. The monoisotopic (exact) mass is 280 g/mol. The number of nitrogens with zero attached hydrogens (tertiary/aromatic N) is 2. The zero-order valence-electron chi connectivity index (χ0n) is 12.0. The number of benzene rings is 1. The Bertz CT molecular complexity index is 873. The van der Waals surface area contributed by atoms with Crippen molar-refractivity contribution in [3.8, 4) is 0 Å². The molecular formula is C17H16N2O2. The fourth-order valence-electron chi connectivity index (χ4n) is 2.81. The maximum absolute atomic E-state index is 12.3. The van der Waals surface area contributed by atoms with E-state index in [0.29, 0.717) is 17.5 Å². The van der Waals surface area contributed by atoms with Crippen molar-refractivity contribution in [3.63, 3.8) is 0 Å². The molecule has 0 aliphatic rings. The highest BCUT2D eigenvalue weighted by molar-refractivity contribution is 5.98. The minimum atomic E-state index is -0.135. The van der Waals surface area contributed by atoms with E-state index in [0.717, 1.165) is 22.9 Å². The summed E-state index contributed by atoms with van der Waals surface area (Å²) in [6.07, 6.45) is 4.32. The molecule has 0 fully saturated rings. The van der Waals surface area contributed by atoms with Crippen molar-refractivity contribution in [1.82, 2.24) is 9.13 Å². The fraction of sp³-hybridized carbons (Fsp3) is 0.176. The number of hydrogen-bond donors (Lipinski definition) is 0. The molecule has 1 aromatic carbocycles. The Hall–Kier alpha value is -2.62. The number of aryl methyl sites for hydroxylation is 2. The van der Waals surface area contributed by atoms with Crippen LogP contribution in [0.2, 0.25) is 0 Å². The second-order valence-corrected chi connectivity index (χ2v) is 5.27. The summed E-state index contributed by atoms with van der Waals surface area (Å²) in [6, 6.07) is 9.99. The number of carbonyl (C=O) groups excluding carboxylic acids is 1. The number of rotatable bonds is 3. The minimum absolute atomic E-state index is 0.135. The first-order valence-electron chi connectivity index (χ1n) is 6.80. The highest BCUT2D eigenvalue weighted by Gasteiger charge is 2.15. The summed E-state index contributed by atoms with van der Waals surface area (Å²) in [5, 5.41) is 0.503. The number of fused-ring (bicyclic) bond motifs is 1. The van der Waals surface area contributed by atoms with Crippen LogP contribution in [-0.4, -0.2) is 15.4 Å². The van der Waals surface area contributed by atoms with E-state index < -0.39 is 0 Å². The molecule has 0 aliphatic carbocycles. The van der Waals surface area contributed by atoms with E-state index in [1.54, 1.807) is 19.4 Å². The van der Waals surface area contributed by atoms with Gasteiger partial charge in [0, 0.05) is 31.5 Å². The predicted octanol–water partition coefficient (Wildman–Crippen LogP) is 2.51. The molecule has 0 bridgehead atoms. The summed E-state index contributed by atoms with van der Waals surface area (Å²) in [4.78, 5) is 23.6. The van der Waals surface area contributed by atoms with Crippen LogP contribution >= 0.6 is 0 Å². The van der Waals surface area contributed by atoms with Gasteiger partial charge in [0.05, 0.1) is 10.9 Å². The third-order valence-electron chi connectivity index (χ3n) is 3.73. The molecule has 4 nitrogen and oxygen atoms in total. The molecule has 4 heteroatoms. The van der Waals surface area contributed by atoms with Gasteiger partial charge in [-0.05, 0) is 18.1 Å². The first-order chi connectivity index (χ1) is 10.1. The van der Waals surface area contributed by atoms with Gasteiger partial charge in [-0.25, -0.2) is 0 Å². The maximum Gasteiger partial charge on any atom is 0.260 e. The Labute approximate surface area is 122 Å². The first kappa shape index (κ1) is 13.4. The summed E-state index contributed by atoms with van der Waals surface area (Å²) in [5.74, 6) is 0. The van der Waals surface area contributed by atoms with Gasteiger partial charge < -0.3 is 9.13 Å². The van der Waals surface area contributed by atoms with E-state index >= 15 is 0 Å². The molecule has 106 valence electrons. The molecule has 0 atom stereocenters. The van der Waals surface area contributed by atoms with E-state index in [1.807, 2.05) is 41.8 Å². The highest BCUT2D eigenvalue weighted by atomic mass is 16.1. The van der Waals surface area contributed by atoms with Crippen molar-refractivity contribution in [1.29, 1.82) is 0 Å². The SMILES string of the molecule is Cc1cn(C)c(=O)c2c(C=O)cn(Cc3ccccc3)c12.